The van der Waals surface area contributed by atoms with Gasteiger partial charge in [0.05, 0.1) is 35.0 Å². The lowest BCUT2D eigenvalue weighted by molar-refractivity contribution is -0.137. The van der Waals surface area contributed by atoms with Gasteiger partial charge in [0.15, 0.2) is 0 Å². The summed E-state index contributed by atoms with van der Waals surface area (Å²) >= 11 is 0. The fourth-order valence-corrected chi connectivity index (χ4v) is 11.9. The maximum absolute atomic E-state index is 12.0. The molecule has 2 aliphatic heterocycles. The third-order valence-electron chi connectivity index (χ3n) is 16.9. The molecular weight excluding hydrogens is 969 g/mol. The lowest BCUT2D eigenvalue weighted by Crippen LogP contribution is -2.03. The van der Waals surface area contributed by atoms with E-state index in [9.17, 15) is 19.8 Å². The highest BCUT2D eigenvalue weighted by Crippen LogP contribution is 2.40. The second-order valence-corrected chi connectivity index (χ2v) is 23.2. The number of carbonyl (C=O) groups is 2. The zero-order valence-corrected chi connectivity index (χ0v) is 50.3. The minimum Gasteiger partial charge on any atom is -0.481 e. The second-order valence-electron chi connectivity index (χ2n) is 23.2. The van der Waals surface area contributed by atoms with E-state index in [1.165, 1.54) is 173 Å². The first-order chi connectivity index (χ1) is 37.8. The molecule has 5 rings (SSSR count). The highest BCUT2D eigenvalue weighted by Gasteiger charge is 2.25. The van der Waals surface area contributed by atoms with Crippen molar-refractivity contribution in [2.45, 2.75) is 286 Å². The van der Waals surface area contributed by atoms with Gasteiger partial charge < -0.3 is 29.7 Å². The Morgan fingerprint density at radius 2 is 0.718 bits per heavy atom. The van der Waals surface area contributed by atoms with Gasteiger partial charge in [-0.25, -0.2) is 9.97 Å². The lowest BCUT2D eigenvalue weighted by atomic mass is 9.98. The van der Waals surface area contributed by atoms with Gasteiger partial charge in [0.2, 0.25) is 0 Å². The highest BCUT2D eigenvalue weighted by molar-refractivity contribution is 5.96. The molecule has 0 saturated carbocycles. The zero-order valence-electron chi connectivity index (χ0n) is 50.3. The Hall–Kier alpha value is -4.54. The number of unbranched alkanes of at least 4 members (excludes halogenated alkanes) is 28. The number of allylic oxidation sites excluding steroid dienone is 4. The first-order valence-corrected chi connectivity index (χ1v) is 31.7. The average Bonchev–Trinajstić information content (AvgIpc) is 4.21. The van der Waals surface area contributed by atoms with Crippen LogP contribution >= 0.6 is 0 Å². The van der Waals surface area contributed by atoms with Crippen LogP contribution < -0.4 is 0 Å². The molecule has 3 aromatic rings. The molecule has 78 heavy (non-hydrogen) atoms. The number of aryl methyl sites for hydroxylation is 2. The number of hydrogen-bond acceptors (Lipinski definition) is 6. The minimum absolute atomic E-state index is 0.0407. The van der Waals surface area contributed by atoms with Crippen LogP contribution in [0, 0.1) is 13.8 Å². The van der Waals surface area contributed by atoms with E-state index in [2.05, 4.69) is 69.7 Å². The first kappa shape index (κ1) is 64.3. The number of aromatic nitrogens is 4. The molecule has 10 nitrogen and oxygen atoms in total. The molecule has 8 bridgehead atoms. The molecule has 10 heteroatoms. The summed E-state index contributed by atoms with van der Waals surface area (Å²) in [5.41, 5.74) is 14.5. The summed E-state index contributed by atoms with van der Waals surface area (Å²) in [6, 6.07) is 8.33. The molecule has 0 aromatic carbocycles. The van der Waals surface area contributed by atoms with Gasteiger partial charge in [0.1, 0.15) is 0 Å². The maximum Gasteiger partial charge on any atom is 0.303 e. The van der Waals surface area contributed by atoms with Crippen LogP contribution in [0.1, 0.15) is 317 Å². The summed E-state index contributed by atoms with van der Waals surface area (Å²) in [4.78, 5) is 42.0. The van der Waals surface area contributed by atoms with E-state index >= 15 is 0 Å². The number of carboxylic acid groups (broad SMARTS) is 2. The van der Waals surface area contributed by atoms with Crippen molar-refractivity contribution in [1.82, 2.24) is 19.9 Å². The summed E-state index contributed by atoms with van der Waals surface area (Å²) in [6.45, 7) is 18.6. The van der Waals surface area contributed by atoms with Crippen LogP contribution in [0.2, 0.25) is 0 Å². The van der Waals surface area contributed by atoms with Gasteiger partial charge in [0.25, 0.3) is 0 Å². The van der Waals surface area contributed by atoms with Gasteiger partial charge in [-0.05, 0) is 125 Å². The summed E-state index contributed by atoms with van der Waals surface area (Å²) in [7, 11) is 0. The number of nitrogens with one attached hydrogen (secondary N) is 2. The van der Waals surface area contributed by atoms with Crippen molar-refractivity contribution < 1.29 is 29.3 Å². The van der Waals surface area contributed by atoms with E-state index in [1.54, 1.807) is 0 Å². The second kappa shape index (κ2) is 35.9. The topological polar surface area (TPSA) is 150 Å². The van der Waals surface area contributed by atoms with E-state index in [4.69, 9.17) is 19.4 Å². The van der Waals surface area contributed by atoms with Crippen molar-refractivity contribution in [2.24, 2.45) is 0 Å². The minimum atomic E-state index is -0.876. The largest absolute Gasteiger partial charge is 0.481 e. The summed E-state index contributed by atoms with van der Waals surface area (Å²) < 4.78 is 13.4. The van der Waals surface area contributed by atoms with Crippen molar-refractivity contribution in [3.8, 4) is 0 Å². The molecule has 0 amide bonds. The smallest absolute Gasteiger partial charge is 0.303 e. The number of aliphatic carboxylic acids is 2. The molecule has 0 fully saturated rings. The third kappa shape index (κ3) is 21.2. The Bertz CT molecular complexity index is 2530. The van der Waals surface area contributed by atoms with Gasteiger partial charge >= 0.3 is 11.9 Å². The van der Waals surface area contributed by atoms with Crippen molar-refractivity contribution in [2.75, 3.05) is 13.2 Å². The van der Waals surface area contributed by atoms with Gasteiger partial charge in [-0.3, -0.25) is 9.59 Å². The van der Waals surface area contributed by atoms with E-state index in [1.807, 2.05) is 19.9 Å². The van der Waals surface area contributed by atoms with Crippen LogP contribution in [-0.2, 0) is 19.1 Å². The van der Waals surface area contributed by atoms with Gasteiger partial charge in [-0.15, -0.1) is 0 Å². The number of fused-ring (bicyclic) bond motifs is 8. The molecule has 0 radical (unpaired) electrons. The number of hydrogen-bond donors (Lipinski definition) is 4. The molecular formula is C68H106N4O6. The van der Waals surface area contributed by atoms with E-state index in [-0.39, 0.29) is 25.0 Å². The normalized spacial score (nSPS) is 13.5. The molecule has 434 valence electrons. The van der Waals surface area contributed by atoms with Crippen molar-refractivity contribution in [1.29, 1.82) is 0 Å². The van der Waals surface area contributed by atoms with Gasteiger partial charge in [0, 0.05) is 59.2 Å². The zero-order chi connectivity index (χ0) is 56.1. The van der Waals surface area contributed by atoms with Crippen LogP contribution in [0.5, 0.6) is 0 Å². The summed E-state index contributed by atoms with van der Waals surface area (Å²) in [5.74, 6) is -1.75. The molecule has 2 aliphatic rings. The average molecular weight is 1080 g/mol. The predicted molar refractivity (Wildman–Crippen MR) is 328 cm³/mol. The molecule has 3 aromatic heterocycles. The molecule has 2 atom stereocenters. The SMILES string of the molecule is CCCCCCCCCCCCCCCCCOC(C)c1c(C)c2cc3[nH]c(cc4nc(cc5nc(cc1[nH]2)C(C)=C5CCC(=O)O)C(CCC(=O)O)=C4C)c(C)c3C(C)OCCCCCCCCCCCCCCCCC. The maximum atomic E-state index is 12.0. The quantitative estimate of drug-likeness (QED) is 0.0410. The van der Waals surface area contributed by atoms with E-state index in [0.29, 0.717) is 37.4 Å². The molecule has 0 aliphatic carbocycles. The van der Waals surface area contributed by atoms with E-state index < -0.39 is 11.9 Å². The fourth-order valence-electron chi connectivity index (χ4n) is 11.9. The van der Waals surface area contributed by atoms with Crippen molar-refractivity contribution in [3.05, 3.63) is 69.3 Å². The first-order valence-electron chi connectivity index (χ1n) is 31.7. The Labute approximate surface area is 471 Å². The Balaban J connectivity index is 1.37. The molecule has 4 N–H and O–H groups in total. The standard InChI is InChI=1S/C68H106N4O6/c1-9-11-13-15-17-19-21-23-25-27-29-31-33-35-37-43-77-53(7)67-51(5)59-45-57-49(3)55(39-41-65(73)74)61(69-57)48-62-56(40-42-66(75)76)50(4)58(70-62)46-63-68(52(6)60(72-63)47-64(67)71-59)54(8)78-44-38-36-34-32-30-28-26-24-22-20-18-16-14-12-10-2/h45-48,53-54,71-72H,9-44H2,1-8H3,(H,73,74)(H,75,76). The number of nitrogens with zero attached hydrogens (tertiary/aromatic N) is 2. The number of aromatic amines is 2. The lowest BCUT2D eigenvalue weighted by Gasteiger charge is -2.14. The van der Waals surface area contributed by atoms with Gasteiger partial charge in [-0.2, -0.15) is 0 Å². The summed E-state index contributed by atoms with van der Waals surface area (Å²) in [5, 5.41) is 19.7. The van der Waals surface area contributed by atoms with Gasteiger partial charge in [-0.1, -0.05) is 194 Å². The fraction of sp³-hybridized carbons (Fsp3) is 0.676. The van der Waals surface area contributed by atoms with Crippen molar-refractivity contribution >= 4 is 56.3 Å². The molecule has 2 unspecified atom stereocenters. The number of rotatable bonds is 42. The number of ether oxygens (including phenoxy) is 2. The summed E-state index contributed by atoms with van der Waals surface area (Å²) in [6.07, 6.45) is 39.9. The van der Waals surface area contributed by atoms with Crippen LogP contribution in [-0.4, -0.2) is 55.3 Å². The monoisotopic (exact) mass is 1070 g/mol. The molecule has 5 heterocycles. The Morgan fingerprint density at radius 3 is 1.05 bits per heavy atom. The van der Waals surface area contributed by atoms with Crippen LogP contribution in [0.25, 0.3) is 44.4 Å². The predicted octanol–water partition coefficient (Wildman–Crippen LogP) is 20.4. The Morgan fingerprint density at radius 1 is 0.423 bits per heavy atom. The highest BCUT2D eigenvalue weighted by atomic mass is 16.5. The molecule has 0 saturated heterocycles. The van der Waals surface area contributed by atoms with Crippen LogP contribution in [0.4, 0.5) is 0 Å². The van der Waals surface area contributed by atoms with Crippen LogP contribution in [0.15, 0.2) is 24.3 Å². The number of H-pyrrole nitrogens is 2. The van der Waals surface area contributed by atoms with Crippen LogP contribution in [0.3, 0.4) is 0 Å². The van der Waals surface area contributed by atoms with E-state index in [0.717, 1.165) is 97.3 Å². The molecule has 0 spiro atoms. The number of carboxylic acids is 2. The Kier molecular flexibility index (Phi) is 29.6. The third-order valence-corrected chi connectivity index (χ3v) is 16.9. The van der Waals surface area contributed by atoms with Crippen molar-refractivity contribution in [3.63, 3.8) is 0 Å².